The summed E-state index contributed by atoms with van der Waals surface area (Å²) in [5, 5.41) is 8.75. The molecule has 0 bridgehead atoms. The number of hydrogen-bond acceptors (Lipinski definition) is 3. The fourth-order valence-electron chi connectivity index (χ4n) is 2.81. The predicted octanol–water partition coefficient (Wildman–Crippen LogP) is 1.55. The van der Waals surface area contributed by atoms with Crippen molar-refractivity contribution in [2.75, 3.05) is 32.7 Å². The van der Waals surface area contributed by atoms with Gasteiger partial charge in [-0.15, -0.1) is 0 Å². The molecule has 1 aromatic carbocycles. The van der Waals surface area contributed by atoms with Gasteiger partial charge in [0.25, 0.3) is 0 Å². The first-order valence-corrected chi connectivity index (χ1v) is 7.82. The van der Waals surface area contributed by atoms with Crippen LogP contribution in [0.5, 0.6) is 0 Å². The smallest absolute Gasteiger partial charge is 0.304 e. The van der Waals surface area contributed by atoms with Crippen molar-refractivity contribution < 1.29 is 14.7 Å². The molecule has 0 radical (unpaired) electrons. The third-order valence-electron chi connectivity index (χ3n) is 4.02. The monoisotopic (exact) mass is 304 g/mol. The Kier molecular flexibility index (Phi) is 5.95. The van der Waals surface area contributed by atoms with Crippen molar-refractivity contribution in [1.29, 1.82) is 0 Å². The lowest BCUT2D eigenvalue weighted by Crippen LogP contribution is -2.36. The van der Waals surface area contributed by atoms with Gasteiger partial charge < -0.3 is 14.9 Å². The summed E-state index contributed by atoms with van der Waals surface area (Å²) in [6, 6.07) is 8.05. The highest BCUT2D eigenvalue weighted by atomic mass is 16.4. The van der Waals surface area contributed by atoms with Gasteiger partial charge in [-0.25, -0.2) is 0 Å². The van der Waals surface area contributed by atoms with Crippen LogP contribution < -0.4 is 0 Å². The summed E-state index contributed by atoms with van der Waals surface area (Å²) in [4.78, 5) is 27.1. The maximum atomic E-state index is 12.4. The minimum absolute atomic E-state index is 0.158. The molecule has 2 rings (SSSR count). The number of hydrogen-bond donors (Lipinski definition) is 1. The fourth-order valence-corrected chi connectivity index (χ4v) is 2.81. The second kappa shape index (κ2) is 7.94. The first-order valence-electron chi connectivity index (χ1n) is 7.82. The van der Waals surface area contributed by atoms with Gasteiger partial charge in [0.05, 0.1) is 12.8 Å². The van der Waals surface area contributed by atoms with Gasteiger partial charge >= 0.3 is 5.97 Å². The molecule has 5 nitrogen and oxygen atoms in total. The molecule has 22 heavy (non-hydrogen) atoms. The average Bonchev–Trinajstić information content (AvgIpc) is 2.70. The Labute approximate surface area is 131 Å². The number of nitrogens with zero attached hydrogens (tertiary/aromatic N) is 2. The van der Waals surface area contributed by atoms with Crippen LogP contribution in [0.2, 0.25) is 0 Å². The highest BCUT2D eigenvalue weighted by Gasteiger charge is 2.19. The Morgan fingerprint density at radius 3 is 2.73 bits per heavy atom. The molecule has 1 fully saturated rings. The van der Waals surface area contributed by atoms with Crippen molar-refractivity contribution >= 4 is 11.9 Å². The Morgan fingerprint density at radius 1 is 1.18 bits per heavy atom. The van der Waals surface area contributed by atoms with Crippen molar-refractivity contribution in [2.45, 2.75) is 26.2 Å². The summed E-state index contributed by atoms with van der Waals surface area (Å²) in [6.45, 7) is 5.66. The largest absolute Gasteiger partial charge is 0.481 e. The van der Waals surface area contributed by atoms with E-state index in [4.69, 9.17) is 5.11 Å². The van der Waals surface area contributed by atoms with Crippen molar-refractivity contribution in [3.63, 3.8) is 0 Å². The quantitative estimate of drug-likeness (QED) is 0.896. The first-order chi connectivity index (χ1) is 10.5. The van der Waals surface area contributed by atoms with Crippen LogP contribution in [0.25, 0.3) is 0 Å². The number of amides is 1. The zero-order valence-corrected chi connectivity index (χ0v) is 13.1. The highest BCUT2D eigenvalue weighted by Crippen LogP contribution is 2.09. The van der Waals surface area contributed by atoms with Crippen LogP contribution in [0.15, 0.2) is 24.3 Å². The number of rotatable bonds is 5. The molecule has 0 unspecified atom stereocenters. The highest BCUT2D eigenvalue weighted by molar-refractivity contribution is 5.78. The van der Waals surface area contributed by atoms with E-state index < -0.39 is 5.97 Å². The molecule has 1 aliphatic heterocycles. The Morgan fingerprint density at radius 2 is 2.00 bits per heavy atom. The summed E-state index contributed by atoms with van der Waals surface area (Å²) >= 11 is 0. The number of carboxylic acid groups (broad SMARTS) is 1. The van der Waals surface area contributed by atoms with Gasteiger partial charge in [-0.05, 0) is 25.5 Å². The van der Waals surface area contributed by atoms with Gasteiger partial charge in [0, 0.05) is 26.2 Å². The van der Waals surface area contributed by atoms with Crippen LogP contribution in [0.1, 0.15) is 24.0 Å². The van der Waals surface area contributed by atoms with E-state index in [9.17, 15) is 9.59 Å². The van der Waals surface area contributed by atoms with Gasteiger partial charge in [-0.2, -0.15) is 0 Å². The molecule has 1 saturated heterocycles. The number of aliphatic carboxylic acids is 1. The minimum Gasteiger partial charge on any atom is -0.481 e. The Balaban J connectivity index is 1.85. The third-order valence-corrected chi connectivity index (χ3v) is 4.02. The normalized spacial score (nSPS) is 16.3. The van der Waals surface area contributed by atoms with E-state index in [0.29, 0.717) is 19.5 Å². The van der Waals surface area contributed by atoms with E-state index >= 15 is 0 Å². The second-order valence-corrected chi connectivity index (χ2v) is 5.89. The standard InChI is InChI=1S/C17H24N2O3/c1-14-4-2-5-15(12-14)13-16(20)19-8-3-7-18(10-11-19)9-6-17(21)22/h2,4-5,12H,3,6-11,13H2,1H3,(H,21,22). The maximum Gasteiger partial charge on any atom is 0.304 e. The molecule has 1 aliphatic rings. The van der Waals surface area contributed by atoms with Crippen LogP contribution >= 0.6 is 0 Å². The van der Waals surface area contributed by atoms with Gasteiger partial charge in [0.2, 0.25) is 5.91 Å². The van der Waals surface area contributed by atoms with Crippen LogP contribution in [0.4, 0.5) is 0 Å². The van der Waals surface area contributed by atoms with E-state index in [1.54, 1.807) is 0 Å². The fraction of sp³-hybridized carbons (Fsp3) is 0.529. The predicted molar refractivity (Wildman–Crippen MR) is 84.8 cm³/mol. The van der Waals surface area contributed by atoms with Gasteiger partial charge in [0.1, 0.15) is 0 Å². The second-order valence-electron chi connectivity index (χ2n) is 5.89. The van der Waals surface area contributed by atoms with Crippen molar-refractivity contribution in [3.05, 3.63) is 35.4 Å². The number of benzene rings is 1. The van der Waals surface area contributed by atoms with Crippen molar-refractivity contribution in [3.8, 4) is 0 Å². The Bertz CT molecular complexity index is 530. The summed E-state index contributed by atoms with van der Waals surface area (Å²) < 4.78 is 0. The minimum atomic E-state index is -0.767. The lowest BCUT2D eigenvalue weighted by atomic mass is 10.1. The average molecular weight is 304 g/mol. The number of carbonyl (C=O) groups excluding carboxylic acids is 1. The van der Waals surface area contributed by atoms with E-state index in [-0.39, 0.29) is 12.3 Å². The molecule has 0 saturated carbocycles. The van der Waals surface area contributed by atoms with E-state index in [1.165, 1.54) is 5.56 Å². The molecular formula is C17H24N2O3. The van der Waals surface area contributed by atoms with E-state index in [0.717, 1.165) is 31.6 Å². The molecule has 5 heteroatoms. The summed E-state index contributed by atoms with van der Waals surface area (Å²) in [5.74, 6) is -0.609. The molecule has 0 spiro atoms. The summed E-state index contributed by atoms with van der Waals surface area (Å²) in [5.41, 5.74) is 2.22. The van der Waals surface area contributed by atoms with Gasteiger partial charge in [-0.1, -0.05) is 29.8 Å². The zero-order valence-electron chi connectivity index (χ0n) is 13.1. The number of carboxylic acids is 1. The molecule has 1 amide bonds. The van der Waals surface area contributed by atoms with E-state index in [2.05, 4.69) is 11.0 Å². The van der Waals surface area contributed by atoms with Crippen LogP contribution in [-0.2, 0) is 16.0 Å². The summed E-state index contributed by atoms with van der Waals surface area (Å²) in [7, 11) is 0. The number of aryl methyl sites for hydroxylation is 1. The SMILES string of the molecule is Cc1cccc(CC(=O)N2CCCN(CCC(=O)O)CC2)c1. The van der Waals surface area contributed by atoms with Crippen LogP contribution in [0.3, 0.4) is 0 Å². The molecule has 120 valence electrons. The third kappa shape index (κ3) is 5.15. The number of carbonyl (C=O) groups is 2. The van der Waals surface area contributed by atoms with Crippen LogP contribution in [0, 0.1) is 6.92 Å². The Hall–Kier alpha value is -1.88. The zero-order chi connectivity index (χ0) is 15.9. The summed E-state index contributed by atoms with van der Waals surface area (Å²) in [6.07, 6.45) is 1.51. The molecule has 1 N–H and O–H groups in total. The van der Waals surface area contributed by atoms with Crippen LogP contribution in [-0.4, -0.2) is 59.5 Å². The first kappa shape index (κ1) is 16.5. The molecule has 1 aromatic rings. The lowest BCUT2D eigenvalue weighted by molar-refractivity contribution is -0.137. The lowest BCUT2D eigenvalue weighted by Gasteiger charge is -2.21. The molecule has 1 heterocycles. The van der Waals surface area contributed by atoms with Crippen molar-refractivity contribution in [2.24, 2.45) is 0 Å². The topological polar surface area (TPSA) is 60.9 Å². The molecule has 0 atom stereocenters. The van der Waals surface area contributed by atoms with E-state index in [1.807, 2.05) is 30.0 Å². The van der Waals surface area contributed by atoms with Gasteiger partial charge in [-0.3, -0.25) is 9.59 Å². The molecule has 0 aromatic heterocycles. The maximum absolute atomic E-state index is 12.4. The van der Waals surface area contributed by atoms with Gasteiger partial charge in [0.15, 0.2) is 0 Å². The van der Waals surface area contributed by atoms with Crippen molar-refractivity contribution in [1.82, 2.24) is 9.80 Å². The molecule has 0 aliphatic carbocycles. The molecular weight excluding hydrogens is 280 g/mol.